The minimum absolute atomic E-state index is 0.609. The van der Waals surface area contributed by atoms with Crippen LogP contribution in [0.2, 0.25) is 0 Å². The van der Waals surface area contributed by atoms with E-state index in [0.717, 1.165) is 31.3 Å². The molecule has 1 aromatic rings. The monoisotopic (exact) mass is 220 g/mol. The average molecular weight is 220 g/mol. The number of fused-ring (bicyclic) bond motifs is 1. The van der Waals surface area contributed by atoms with Crippen LogP contribution in [-0.2, 0) is 12.8 Å². The van der Waals surface area contributed by atoms with Gasteiger partial charge in [0.15, 0.2) is 0 Å². The van der Waals surface area contributed by atoms with Gasteiger partial charge < -0.3 is 11.1 Å². The second-order valence-corrected chi connectivity index (χ2v) is 4.40. The second kappa shape index (κ2) is 5.25. The molecule has 1 atom stereocenters. The van der Waals surface area contributed by atoms with Crippen molar-refractivity contribution in [2.45, 2.75) is 32.6 Å². The van der Waals surface area contributed by atoms with Crippen LogP contribution in [0.15, 0.2) is 6.20 Å². The van der Waals surface area contributed by atoms with Gasteiger partial charge in [0.25, 0.3) is 0 Å². The minimum atomic E-state index is 0.609. The van der Waals surface area contributed by atoms with Crippen molar-refractivity contribution in [2.24, 2.45) is 11.7 Å². The molecule has 1 heterocycles. The van der Waals surface area contributed by atoms with Crippen molar-refractivity contribution in [2.75, 3.05) is 18.4 Å². The third-order valence-corrected chi connectivity index (χ3v) is 3.26. The first-order valence-corrected chi connectivity index (χ1v) is 6.12. The van der Waals surface area contributed by atoms with Gasteiger partial charge in [-0.1, -0.05) is 13.3 Å². The lowest BCUT2D eigenvalue weighted by molar-refractivity contribution is 0.439. The lowest BCUT2D eigenvalue weighted by Crippen LogP contribution is -2.19. The molecule has 0 saturated heterocycles. The van der Waals surface area contributed by atoms with Crippen LogP contribution in [-0.4, -0.2) is 23.1 Å². The molecule has 0 aromatic carbocycles. The first kappa shape index (κ1) is 11.3. The molecule has 0 spiro atoms. The van der Waals surface area contributed by atoms with Gasteiger partial charge in [0.05, 0.1) is 0 Å². The van der Waals surface area contributed by atoms with Crippen LogP contribution in [0.25, 0.3) is 0 Å². The lowest BCUT2D eigenvalue weighted by Gasteiger charge is -2.22. The molecule has 0 fully saturated rings. The van der Waals surface area contributed by atoms with E-state index in [1.165, 1.54) is 24.1 Å². The largest absolute Gasteiger partial charge is 0.353 e. The Bertz CT molecular complexity index is 351. The van der Waals surface area contributed by atoms with Crippen LogP contribution in [0.3, 0.4) is 0 Å². The number of aryl methyl sites for hydroxylation is 1. The molecule has 0 bridgehead atoms. The minimum Gasteiger partial charge on any atom is -0.353 e. The Morgan fingerprint density at radius 2 is 2.44 bits per heavy atom. The molecule has 3 N–H and O–H groups in total. The molecule has 0 radical (unpaired) electrons. The Hall–Kier alpha value is -1.16. The standard InChI is InChI=1S/C12H20N4/c1-2-9-3-4-11-10(7-9)8-15-12(16-11)14-6-5-13/h8-9H,2-7,13H2,1H3,(H,14,15,16). The van der Waals surface area contributed by atoms with Crippen molar-refractivity contribution in [1.29, 1.82) is 0 Å². The summed E-state index contributed by atoms with van der Waals surface area (Å²) in [4.78, 5) is 8.86. The predicted molar refractivity (Wildman–Crippen MR) is 65.4 cm³/mol. The number of hydrogen-bond acceptors (Lipinski definition) is 4. The highest BCUT2D eigenvalue weighted by Crippen LogP contribution is 2.26. The molecule has 16 heavy (non-hydrogen) atoms. The van der Waals surface area contributed by atoms with Crippen LogP contribution in [0.4, 0.5) is 5.95 Å². The summed E-state index contributed by atoms with van der Waals surface area (Å²) >= 11 is 0. The van der Waals surface area contributed by atoms with Crippen molar-refractivity contribution in [3.8, 4) is 0 Å². The van der Waals surface area contributed by atoms with Crippen LogP contribution in [0.5, 0.6) is 0 Å². The van der Waals surface area contributed by atoms with Crippen LogP contribution in [0, 0.1) is 5.92 Å². The Morgan fingerprint density at radius 3 is 3.19 bits per heavy atom. The maximum absolute atomic E-state index is 5.43. The summed E-state index contributed by atoms with van der Waals surface area (Å²) in [7, 11) is 0. The summed E-state index contributed by atoms with van der Waals surface area (Å²) < 4.78 is 0. The molecule has 4 heteroatoms. The number of anilines is 1. The van der Waals surface area contributed by atoms with Gasteiger partial charge in [-0.2, -0.15) is 0 Å². The normalized spacial score (nSPS) is 19.2. The van der Waals surface area contributed by atoms with E-state index < -0.39 is 0 Å². The molecule has 1 unspecified atom stereocenters. The molecule has 0 aliphatic heterocycles. The molecule has 1 aliphatic rings. The van der Waals surface area contributed by atoms with E-state index in [4.69, 9.17) is 5.73 Å². The quantitative estimate of drug-likeness (QED) is 0.804. The number of nitrogens with two attached hydrogens (primary N) is 1. The summed E-state index contributed by atoms with van der Waals surface area (Å²) in [6.07, 6.45) is 6.73. The Balaban J connectivity index is 2.08. The van der Waals surface area contributed by atoms with Gasteiger partial charge >= 0.3 is 0 Å². The van der Waals surface area contributed by atoms with Gasteiger partial charge in [-0.15, -0.1) is 0 Å². The van der Waals surface area contributed by atoms with E-state index in [2.05, 4.69) is 22.2 Å². The molecule has 88 valence electrons. The summed E-state index contributed by atoms with van der Waals surface area (Å²) in [6.45, 7) is 3.60. The van der Waals surface area contributed by atoms with E-state index in [1.807, 2.05) is 6.20 Å². The van der Waals surface area contributed by atoms with Crippen molar-refractivity contribution in [3.63, 3.8) is 0 Å². The van der Waals surface area contributed by atoms with E-state index in [0.29, 0.717) is 6.54 Å². The van der Waals surface area contributed by atoms with E-state index in [9.17, 15) is 0 Å². The Kier molecular flexibility index (Phi) is 3.72. The van der Waals surface area contributed by atoms with Crippen molar-refractivity contribution in [3.05, 3.63) is 17.5 Å². The summed E-state index contributed by atoms with van der Waals surface area (Å²) in [5.74, 6) is 1.54. The van der Waals surface area contributed by atoms with Crippen molar-refractivity contribution in [1.82, 2.24) is 9.97 Å². The molecule has 4 nitrogen and oxygen atoms in total. The first-order chi connectivity index (χ1) is 7.83. The molecular formula is C12H20N4. The molecule has 2 rings (SSSR count). The topological polar surface area (TPSA) is 63.8 Å². The SMILES string of the molecule is CCC1CCc2nc(NCCN)ncc2C1. The second-order valence-electron chi connectivity index (χ2n) is 4.40. The van der Waals surface area contributed by atoms with Gasteiger partial charge in [-0.25, -0.2) is 9.97 Å². The number of hydrogen-bond donors (Lipinski definition) is 2. The highest BCUT2D eigenvalue weighted by atomic mass is 15.1. The van der Waals surface area contributed by atoms with E-state index >= 15 is 0 Å². The van der Waals surface area contributed by atoms with Crippen molar-refractivity contribution < 1.29 is 0 Å². The number of nitrogens with zero attached hydrogens (tertiary/aromatic N) is 2. The highest BCUT2D eigenvalue weighted by Gasteiger charge is 2.18. The van der Waals surface area contributed by atoms with E-state index in [1.54, 1.807) is 0 Å². The van der Waals surface area contributed by atoms with Crippen molar-refractivity contribution >= 4 is 5.95 Å². The zero-order valence-corrected chi connectivity index (χ0v) is 9.87. The third-order valence-electron chi connectivity index (χ3n) is 3.26. The first-order valence-electron chi connectivity index (χ1n) is 6.12. The van der Waals surface area contributed by atoms with Gasteiger partial charge in [0.2, 0.25) is 5.95 Å². The third kappa shape index (κ3) is 2.50. The zero-order valence-electron chi connectivity index (χ0n) is 9.87. The Labute approximate surface area is 96.7 Å². The average Bonchev–Trinajstić information content (AvgIpc) is 2.35. The number of aromatic nitrogens is 2. The fraction of sp³-hybridized carbons (Fsp3) is 0.667. The van der Waals surface area contributed by atoms with Crippen LogP contribution in [0.1, 0.15) is 31.0 Å². The molecule has 1 aromatic heterocycles. The number of nitrogens with one attached hydrogen (secondary N) is 1. The summed E-state index contributed by atoms with van der Waals surface area (Å²) in [6, 6.07) is 0. The van der Waals surface area contributed by atoms with E-state index in [-0.39, 0.29) is 0 Å². The maximum Gasteiger partial charge on any atom is 0.222 e. The lowest BCUT2D eigenvalue weighted by atomic mass is 9.86. The van der Waals surface area contributed by atoms with Crippen LogP contribution >= 0.6 is 0 Å². The fourth-order valence-electron chi connectivity index (χ4n) is 2.20. The number of rotatable bonds is 4. The van der Waals surface area contributed by atoms with Gasteiger partial charge in [-0.05, 0) is 30.7 Å². The zero-order chi connectivity index (χ0) is 11.4. The smallest absolute Gasteiger partial charge is 0.222 e. The van der Waals surface area contributed by atoms with Gasteiger partial charge in [0, 0.05) is 25.0 Å². The maximum atomic E-state index is 5.43. The molecule has 0 saturated carbocycles. The summed E-state index contributed by atoms with van der Waals surface area (Å²) in [5.41, 5.74) is 7.98. The predicted octanol–water partition coefficient (Wildman–Crippen LogP) is 1.36. The molecule has 1 aliphatic carbocycles. The van der Waals surface area contributed by atoms with Gasteiger partial charge in [-0.3, -0.25) is 0 Å². The van der Waals surface area contributed by atoms with Gasteiger partial charge in [0.1, 0.15) is 0 Å². The highest BCUT2D eigenvalue weighted by molar-refractivity contribution is 5.31. The Morgan fingerprint density at radius 1 is 1.56 bits per heavy atom. The summed E-state index contributed by atoms with van der Waals surface area (Å²) in [5, 5.41) is 3.12. The fourth-order valence-corrected chi connectivity index (χ4v) is 2.20. The molecule has 0 amide bonds. The van der Waals surface area contributed by atoms with Crippen LogP contribution < -0.4 is 11.1 Å². The molecular weight excluding hydrogens is 200 g/mol.